The molecular formula is C15H20ClNO3. The first-order valence-corrected chi connectivity index (χ1v) is 7.22. The average Bonchev–Trinajstić information content (AvgIpc) is 2.41. The van der Waals surface area contributed by atoms with Gasteiger partial charge in [-0.15, -0.1) is 0 Å². The first-order valence-electron chi connectivity index (χ1n) is 6.84. The summed E-state index contributed by atoms with van der Waals surface area (Å²) in [5.74, 6) is 0.587. The Hall–Kier alpha value is -1.26. The second-order valence-corrected chi connectivity index (χ2v) is 5.73. The number of ether oxygens (including phenoxy) is 1. The molecule has 1 aromatic rings. The van der Waals surface area contributed by atoms with E-state index in [4.69, 9.17) is 16.3 Å². The van der Waals surface area contributed by atoms with Crippen LogP contribution >= 0.6 is 11.6 Å². The molecule has 0 aromatic heterocycles. The van der Waals surface area contributed by atoms with Crippen molar-refractivity contribution in [2.45, 2.75) is 37.7 Å². The Morgan fingerprint density at radius 3 is 2.80 bits per heavy atom. The van der Waals surface area contributed by atoms with Gasteiger partial charge in [0.05, 0.1) is 17.7 Å². The number of rotatable bonds is 6. The molecule has 0 bridgehead atoms. The second kappa shape index (κ2) is 6.46. The van der Waals surface area contributed by atoms with Crippen molar-refractivity contribution in [3.8, 4) is 5.75 Å². The Kier molecular flexibility index (Phi) is 4.89. The van der Waals surface area contributed by atoms with Gasteiger partial charge in [0, 0.05) is 13.0 Å². The fourth-order valence-electron chi connectivity index (χ4n) is 2.24. The van der Waals surface area contributed by atoms with Crippen LogP contribution in [0.1, 0.15) is 31.2 Å². The van der Waals surface area contributed by atoms with Crippen molar-refractivity contribution in [3.05, 3.63) is 28.8 Å². The highest BCUT2D eigenvalue weighted by molar-refractivity contribution is 6.32. The predicted octanol–water partition coefficient (Wildman–Crippen LogP) is 2.31. The SMILES string of the molecule is COc1ccc(CCC(=O)NCC2(O)CCC2)cc1Cl. The molecule has 0 unspecified atom stereocenters. The van der Waals surface area contributed by atoms with Crippen molar-refractivity contribution in [2.75, 3.05) is 13.7 Å². The fraction of sp³-hybridized carbons (Fsp3) is 0.533. The predicted molar refractivity (Wildman–Crippen MR) is 78.1 cm³/mol. The molecule has 1 aliphatic carbocycles. The lowest BCUT2D eigenvalue weighted by Crippen LogP contribution is -2.47. The molecule has 5 heteroatoms. The monoisotopic (exact) mass is 297 g/mol. The number of hydrogen-bond donors (Lipinski definition) is 2. The summed E-state index contributed by atoms with van der Waals surface area (Å²) in [5, 5.41) is 13.2. The van der Waals surface area contributed by atoms with Crippen molar-refractivity contribution in [1.82, 2.24) is 5.32 Å². The van der Waals surface area contributed by atoms with Gasteiger partial charge in [0.2, 0.25) is 5.91 Å². The third kappa shape index (κ3) is 3.87. The van der Waals surface area contributed by atoms with Gasteiger partial charge in [-0.1, -0.05) is 17.7 Å². The molecule has 1 saturated carbocycles. The third-order valence-electron chi connectivity index (χ3n) is 3.76. The van der Waals surface area contributed by atoms with E-state index in [0.717, 1.165) is 24.8 Å². The number of halogens is 1. The van der Waals surface area contributed by atoms with Crippen LogP contribution in [0.2, 0.25) is 5.02 Å². The van der Waals surface area contributed by atoms with E-state index in [1.54, 1.807) is 13.2 Å². The van der Waals surface area contributed by atoms with E-state index in [-0.39, 0.29) is 5.91 Å². The van der Waals surface area contributed by atoms with E-state index < -0.39 is 5.60 Å². The van der Waals surface area contributed by atoms with Crippen molar-refractivity contribution < 1.29 is 14.6 Å². The summed E-state index contributed by atoms with van der Waals surface area (Å²) in [6.45, 7) is 0.356. The second-order valence-electron chi connectivity index (χ2n) is 5.32. The minimum atomic E-state index is -0.668. The van der Waals surface area contributed by atoms with Gasteiger partial charge in [-0.2, -0.15) is 0 Å². The number of nitrogens with one attached hydrogen (secondary N) is 1. The third-order valence-corrected chi connectivity index (χ3v) is 4.05. The molecule has 20 heavy (non-hydrogen) atoms. The van der Waals surface area contributed by atoms with Crippen LogP contribution in [0.4, 0.5) is 0 Å². The van der Waals surface area contributed by atoms with Crippen LogP contribution < -0.4 is 10.1 Å². The number of carbonyl (C=O) groups excluding carboxylic acids is 1. The molecule has 110 valence electrons. The molecule has 1 aliphatic rings. The van der Waals surface area contributed by atoms with Crippen molar-refractivity contribution in [1.29, 1.82) is 0 Å². The van der Waals surface area contributed by atoms with E-state index >= 15 is 0 Å². The summed E-state index contributed by atoms with van der Waals surface area (Å²) in [5.41, 5.74) is 0.326. The molecule has 0 aliphatic heterocycles. The zero-order valence-corrected chi connectivity index (χ0v) is 12.4. The Morgan fingerprint density at radius 2 is 2.25 bits per heavy atom. The normalized spacial score (nSPS) is 16.4. The van der Waals surface area contributed by atoms with Crippen LogP contribution in [0.25, 0.3) is 0 Å². The molecule has 2 N–H and O–H groups in total. The largest absolute Gasteiger partial charge is 0.495 e. The maximum atomic E-state index is 11.7. The summed E-state index contributed by atoms with van der Waals surface area (Å²) < 4.78 is 5.08. The molecule has 1 fully saturated rings. The van der Waals surface area contributed by atoms with Gasteiger partial charge in [0.1, 0.15) is 5.75 Å². The van der Waals surface area contributed by atoms with Gasteiger partial charge in [0.25, 0.3) is 0 Å². The number of aryl methyl sites for hydroxylation is 1. The van der Waals surface area contributed by atoms with E-state index in [9.17, 15) is 9.90 Å². The standard InChI is InChI=1S/C15H20ClNO3/c1-20-13-5-3-11(9-12(13)16)4-6-14(18)17-10-15(19)7-2-8-15/h3,5,9,19H,2,4,6-8,10H2,1H3,(H,17,18). The molecule has 1 aromatic carbocycles. The van der Waals surface area contributed by atoms with E-state index in [0.29, 0.717) is 30.2 Å². The Balaban J connectivity index is 1.76. The number of hydrogen-bond acceptors (Lipinski definition) is 3. The highest BCUT2D eigenvalue weighted by Gasteiger charge is 2.34. The Bertz CT molecular complexity index is 486. The van der Waals surface area contributed by atoms with Gasteiger partial charge in [-0.3, -0.25) is 4.79 Å². The van der Waals surface area contributed by atoms with E-state index in [2.05, 4.69) is 5.32 Å². The maximum absolute atomic E-state index is 11.7. The van der Waals surface area contributed by atoms with Crippen LogP contribution in [-0.4, -0.2) is 30.3 Å². The maximum Gasteiger partial charge on any atom is 0.220 e. The van der Waals surface area contributed by atoms with Crippen LogP contribution in [-0.2, 0) is 11.2 Å². The summed E-state index contributed by atoms with van der Waals surface area (Å²) in [4.78, 5) is 11.7. The van der Waals surface area contributed by atoms with E-state index in [1.165, 1.54) is 0 Å². The van der Waals surface area contributed by atoms with Gasteiger partial charge < -0.3 is 15.2 Å². The minimum Gasteiger partial charge on any atom is -0.495 e. The number of amides is 1. The summed E-state index contributed by atoms with van der Waals surface area (Å²) in [6, 6.07) is 5.51. The molecule has 0 saturated heterocycles. The van der Waals surface area contributed by atoms with Crippen LogP contribution in [0.5, 0.6) is 5.75 Å². The Labute approximate surface area is 124 Å². The minimum absolute atomic E-state index is 0.0442. The smallest absolute Gasteiger partial charge is 0.220 e. The van der Waals surface area contributed by atoms with Crippen molar-refractivity contribution >= 4 is 17.5 Å². The van der Waals surface area contributed by atoms with Gasteiger partial charge in [-0.05, 0) is 43.4 Å². The molecule has 1 amide bonds. The molecule has 2 rings (SSSR count). The highest BCUT2D eigenvalue weighted by Crippen LogP contribution is 2.30. The molecule has 0 radical (unpaired) electrons. The quantitative estimate of drug-likeness (QED) is 0.847. The van der Waals surface area contributed by atoms with Crippen LogP contribution in [0, 0.1) is 0 Å². The number of carbonyl (C=O) groups is 1. The highest BCUT2D eigenvalue weighted by atomic mass is 35.5. The van der Waals surface area contributed by atoms with Gasteiger partial charge >= 0.3 is 0 Å². The summed E-state index contributed by atoms with van der Waals surface area (Å²) >= 11 is 6.03. The first-order chi connectivity index (χ1) is 9.52. The zero-order chi connectivity index (χ0) is 14.6. The lowest BCUT2D eigenvalue weighted by molar-refractivity contribution is -0.123. The lowest BCUT2D eigenvalue weighted by Gasteiger charge is -2.36. The summed E-state index contributed by atoms with van der Waals surface area (Å²) in [6.07, 6.45) is 3.60. The first kappa shape index (κ1) is 15.1. The zero-order valence-electron chi connectivity index (χ0n) is 11.6. The number of aliphatic hydroxyl groups is 1. The lowest BCUT2D eigenvalue weighted by atomic mass is 9.80. The average molecular weight is 298 g/mol. The van der Waals surface area contributed by atoms with E-state index in [1.807, 2.05) is 12.1 Å². The Morgan fingerprint density at radius 1 is 1.50 bits per heavy atom. The van der Waals surface area contributed by atoms with Crippen LogP contribution in [0.3, 0.4) is 0 Å². The number of benzene rings is 1. The number of methoxy groups -OCH3 is 1. The van der Waals surface area contributed by atoms with Gasteiger partial charge in [0.15, 0.2) is 0 Å². The molecule has 4 nitrogen and oxygen atoms in total. The topological polar surface area (TPSA) is 58.6 Å². The fourth-order valence-corrected chi connectivity index (χ4v) is 2.52. The van der Waals surface area contributed by atoms with Crippen molar-refractivity contribution in [3.63, 3.8) is 0 Å². The summed E-state index contributed by atoms with van der Waals surface area (Å²) in [7, 11) is 1.57. The van der Waals surface area contributed by atoms with Crippen molar-refractivity contribution in [2.24, 2.45) is 0 Å². The molecule has 0 heterocycles. The molecule has 0 atom stereocenters. The molecule has 0 spiro atoms. The molecular weight excluding hydrogens is 278 g/mol. The van der Waals surface area contributed by atoms with Crippen LogP contribution in [0.15, 0.2) is 18.2 Å². The van der Waals surface area contributed by atoms with Gasteiger partial charge in [-0.25, -0.2) is 0 Å².